The summed E-state index contributed by atoms with van der Waals surface area (Å²) in [4.78, 5) is 9.93. The summed E-state index contributed by atoms with van der Waals surface area (Å²) >= 11 is 0. The molecule has 0 aliphatic carbocycles. The molecule has 9 heavy (non-hydrogen) atoms. The highest BCUT2D eigenvalue weighted by Crippen LogP contribution is 2.09. The average Bonchev–Trinajstić information content (AvgIpc) is 1.83. The molecule has 2 heteroatoms. The summed E-state index contributed by atoms with van der Waals surface area (Å²) in [5, 5.41) is 0. The number of hydrogen-bond acceptors (Lipinski definition) is 1. The third-order valence-corrected chi connectivity index (χ3v) is 1.58. The van der Waals surface area contributed by atoms with Crippen molar-refractivity contribution in [3.05, 3.63) is 0 Å². The Hall–Kier alpha value is 0.202. The SMILES string of the molecule is CCC(CC)CC=O.[AlH3]. The van der Waals surface area contributed by atoms with Crippen molar-refractivity contribution in [2.24, 2.45) is 5.92 Å². The smallest absolute Gasteiger partial charge is 0.187 e. The fraction of sp³-hybridized carbons (Fsp3) is 0.857. The predicted molar refractivity (Wildman–Crippen MR) is 44.7 cm³/mol. The van der Waals surface area contributed by atoms with E-state index in [0.717, 1.165) is 25.5 Å². The summed E-state index contributed by atoms with van der Waals surface area (Å²) in [6, 6.07) is 0. The van der Waals surface area contributed by atoms with E-state index >= 15 is 0 Å². The first-order valence-electron chi connectivity index (χ1n) is 3.28. The van der Waals surface area contributed by atoms with E-state index in [2.05, 4.69) is 13.8 Å². The first kappa shape index (κ1) is 11.9. The highest BCUT2D eigenvalue weighted by atomic mass is 27.0. The largest absolute Gasteiger partial charge is 0.303 e. The van der Waals surface area contributed by atoms with Crippen LogP contribution in [-0.2, 0) is 4.79 Å². The van der Waals surface area contributed by atoms with Gasteiger partial charge in [-0.25, -0.2) is 0 Å². The van der Waals surface area contributed by atoms with E-state index in [4.69, 9.17) is 0 Å². The van der Waals surface area contributed by atoms with Crippen molar-refractivity contribution in [3.8, 4) is 0 Å². The molecule has 0 aromatic rings. The van der Waals surface area contributed by atoms with Gasteiger partial charge in [0.05, 0.1) is 0 Å². The van der Waals surface area contributed by atoms with Crippen LogP contribution in [0.3, 0.4) is 0 Å². The molecule has 54 valence electrons. The lowest BCUT2D eigenvalue weighted by Gasteiger charge is -2.04. The minimum absolute atomic E-state index is 0. The van der Waals surface area contributed by atoms with Crippen molar-refractivity contribution >= 4 is 23.6 Å². The second-order valence-electron chi connectivity index (χ2n) is 2.08. The molecule has 0 spiro atoms. The molecule has 0 heterocycles. The van der Waals surface area contributed by atoms with Gasteiger partial charge < -0.3 is 4.79 Å². The first-order valence-corrected chi connectivity index (χ1v) is 3.28. The Morgan fingerprint density at radius 3 is 1.89 bits per heavy atom. The number of carbonyl (C=O) groups is 1. The van der Waals surface area contributed by atoms with Crippen LogP contribution in [0.25, 0.3) is 0 Å². The van der Waals surface area contributed by atoms with E-state index in [9.17, 15) is 4.79 Å². The molecule has 0 aromatic heterocycles. The Bertz CT molecular complexity index is 59.9. The van der Waals surface area contributed by atoms with Crippen molar-refractivity contribution in [3.63, 3.8) is 0 Å². The van der Waals surface area contributed by atoms with Crippen molar-refractivity contribution in [1.82, 2.24) is 0 Å². The average molecular weight is 144 g/mol. The number of rotatable bonds is 4. The molecule has 0 radical (unpaired) electrons. The van der Waals surface area contributed by atoms with Crippen molar-refractivity contribution in [2.45, 2.75) is 33.1 Å². The van der Waals surface area contributed by atoms with Crippen molar-refractivity contribution < 1.29 is 4.79 Å². The van der Waals surface area contributed by atoms with Crippen LogP contribution in [0.1, 0.15) is 33.1 Å². The van der Waals surface area contributed by atoms with Crippen molar-refractivity contribution in [2.75, 3.05) is 0 Å². The minimum atomic E-state index is 0. The molecule has 0 amide bonds. The van der Waals surface area contributed by atoms with Crippen molar-refractivity contribution in [1.29, 1.82) is 0 Å². The van der Waals surface area contributed by atoms with Gasteiger partial charge in [-0.1, -0.05) is 26.7 Å². The fourth-order valence-electron chi connectivity index (χ4n) is 0.758. The molecule has 0 aliphatic heterocycles. The lowest BCUT2D eigenvalue weighted by molar-refractivity contribution is -0.108. The summed E-state index contributed by atoms with van der Waals surface area (Å²) in [5.41, 5.74) is 0. The van der Waals surface area contributed by atoms with E-state index in [0.29, 0.717) is 5.92 Å². The molecule has 0 atom stereocenters. The molecule has 0 aliphatic rings. The molecule has 1 nitrogen and oxygen atoms in total. The summed E-state index contributed by atoms with van der Waals surface area (Å²) in [5.74, 6) is 0.632. The van der Waals surface area contributed by atoms with Crippen LogP contribution >= 0.6 is 0 Å². The minimum Gasteiger partial charge on any atom is -0.303 e. The molecule has 0 saturated heterocycles. The third-order valence-electron chi connectivity index (χ3n) is 1.58. The maximum absolute atomic E-state index is 9.93. The van der Waals surface area contributed by atoms with Gasteiger partial charge in [0, 0.05) is 6.42 Å². The van der Waals surface area contributed by atoms with E-state index < -0.39 is 0 Å². The zero-order valence-corrected chi connectivity index (χ0v) is 5.68. The monoisotopic (exact) mass is 144 g/mol. The molecule has 0 fully saturated rings. The van der Waals surface area contributed by atoms with Gasteiger partial charge >= 0.3 is 0 Å². The second-order valence-corrected chi connectivity index (χ2v) is 2.08. The van der Waals surface area contributed by atoms with Crippen LogP contribution < -0.4 is 0 Å². The topological polar surface area (TPSA) is 17.1 Å². The van der Waals surface area contributed by atoms with E-state index in [1.165, 1.54) is 0 Å². The Labute approximate surface area is 68.0 Å². The lowest BCUT2D eigenvalue weighted by atomic mass is 10.0. The van der Waals surface area contributed by atoms with Crippen LogP contribution in [-0.4, -0.2) is 23.6 Å². The molecule has 0 rings (SSSR count). The number of aldehydes is 1. The summed E-state index contributed by atoms with van der Waals surface area (Å²) < 4.78 is 0. The van der Waals surface area contributed by atoms with Crippen LogP contribution in [0, 0.1) is 5.92 Å². The summed E-state index contributed by atoms with van der Waals surface area (Å²) in [6.45, 7) is 4.25. The second kappa shape index (κ2) is 8.20. The third kappa shape index (κ3) is 6.08. The van der Waals surface area contributed by atoms with Crippen LogP contribution in [0.2, 0.25) is 0 Å². The van der Waals surface area contributed by atoms with Crippen LogP contribution in [0.4, 0.5) is 0 Å². The van der Waals surface area contributed by atoms with Gasteiger partial charge in [-0.3, -0.25) is 0 Å². The molecule has 0 aromatic carbocycles. The van der Waals surface area contributed by atoms with Crippen LogP contribution in [0.5, 0.6) is 0 Å². The standard InChI is InChI=1S/C7H14O.Al.3H/c1-3-7(4-2)5-6-8;;;;/h6-7H,3-5H2,1-2H3;;;;. The van der Waals surface area contributed by atoms with E-state index in [1.54, 1.807) is 0 Å². The van der Waals surface area contributed by atoms with Gasteiger partial charge in [0.1, 0.15) is 6.29 Å². The number of carbonyl (C=O) groups excluding carboxylic acids is 1. The zero-order chi connectivity index (χ0) is 6.41. The predicted octanol–water partition coefficient (Wildman–Crippen LogP) is 0.828. The molecule has 0 bridgehead atoms. The van der Waals surface area contributed by atoms with Gasteiger partial charge in [0.25, 0.3) is 0 Å². The zero-order valence-electron chi connectivity index (χ0n) is 5.68. The normalized spacial score (nSPS) is 8.78. The molecule has 0 unspecified atom stereocenters. The van der Waals surface area contributed by atoms with Gasteiger partial charge in [-0.2, -0.15) is 0 Å². The molecule has 0 saturated carbocycles. The molecular formula is C7H17AlO. The maximum Gasteiger partial charge on any atom is 0.187 e. The lowest BCUT2D eigenvalue weighted by Crippen LogP contribution is -1.95. The number of hydrogen-bond donors (Lipinski definition) is 0. The quantitative estimate of drug-likeness (QED) is 0.422. The summed E-state index contributed by atoms with van der Waals surface area (Å²) in [7, 11) is 0. The Kier molecular flexibility index (Phi) is 10.9. The Balaban J connectivity index is 0. The van der Waals surface area contributed by atoms with Gasteiger partial charge in [-0.15, -0.1) is 0 Å². The maximum atomic E-state index is 9.93. The summed E-state index contributed by atoms with van der Waals surface area (Å²) in [6.07, 6.45) is 4.02. The van der Waals surface area contributed by atoms with Gasteiger partial charge in [0.2, 0.25) is 0 Å². The Morgan fingerprint density at radius 2 is 1.78 bits per heavy atom. The van der Waals surface area contributed by atoms with Gasteiger partial charge in [-0.05, 0) is 5.92 Å². The van der Waals surface area contributed by atoms with Gasteiger partial charge in [0.15, 0.2) is 17.4 Å². The van der Waals surface area contributed by atoms with E-state index in [1.807, 2.05) is 0 Å². The first-order chi connectivity index (χ1) is 3.85. The fourth-order valence-corrected chi connectivity index (χ4v) is 0.758. The van der Waals surface area contributed by atoms with Crippen LogP contribution in [0.15, 0.2) is 0 Å². The highest BCUT2D eigenvalue weighted by Gasteiger charge is 1.99. The molecular weight excluding hydrogens is 127 g/mol. The van der Waals surface area contributed by atoms with E-state index in [-0.39, 0.29) is 17.4 Å². The highest BCUT2D eigenvalue weighted by molar-refractivity contribution is 5.75. The Morgan fingerprint density at radius 1 is 1.33 bits per heavy atom. The molecule has 0 N–H and O–H groups in total.